The second-order valence-electron chi connectivity index (χ2n) is 8.13. The van der Waals surface area contributed by atoms with E-state index in [1.54, 1.807) is 31.2 Å². The summed E-state index contributed by atoms with van der Waals surface area (Å²) in [6.07, 6.45) is 0. The van der Waals surface area contributed by atoms with E-state index in [2.05, 4.69) is 4.18 Å². The van der Waals surface area contributed by atoms with Crippen LogP contribution in [0.25, 0.3) is 22.2 Å². The van der Waals surface area contributed by atoms with Crippen molar-refractivity contribution in [3.63, 3.8) is 0 Å². The third kappa shape index (κ3) is 4.85. The van der Waals surface area contributed by atoms with E-state index in [1.165, 1.54) is 38.5 Å². The van der Waals surface area contributed by atoms with Crippen molar-refractivity contribution >= 4 is 31.0 Å². The van der Waals surface area contributed by atoms with Crippen LogP contribution in [0.1, 0.15) is 5.56 Å². The maximum absolute atomic E-state index is 14.0. The standard InChI is InChI=1S/C25H22F3NO8S2/c1-15-18-13-23(37-39(32,33)25(26,27)28)22(36-4)14-19(18)29(38(30,31)17-8-6-5-7-9-17)24(15)16-10-11-20(34-2)21(12-16)35-3/h5-14H,1-4H3. The largest absolute Gasteiger partial charge is 0.534 e. The maximum Gasteiger partial charge on any atom is 0.534 e. The van der Waals surface area contributed by atoms with Crippen molar-refractivity contribution in [1.29, 1.82) is 0 Å². The molecule has 1 aromatic heterocycles. The molecule has 0 unspecified atom stereocenters. The summed E-state index contributed by atoms with van der Waals surface area (Å²) in [5, 5.41) is 0.104. The van der Waals surface area contributed by atoms with Gasteiger partial charge >= 0.3 is 15.6 Å². The van der Waals surface area contributed by atoms with Crippen molar-refractivity contribution in [1.82, 2.24) is 3.97 Å². The molecule has 0 amide bonds. The van der Waals surface area contributed by atoms with E-state index < -0.39 is 37.1 Å². The van der Waals surface area contributed by atoms with Crippen LogP contribution in [0.5, 0.6) is 23.0 Å². The minimum atomic E-state index is -6.04. The number of aryl methyl sites for hydroxylation is 1. The smallest absolute Gasteiger partial charge is 0.493 e. The topological polar surface area (TPSA) is 110 Å². The molecule has 4 aromatic rings. The Balaban J connectivity index is 2.11. The first-order chi connectivity index (χ1) is 18.3. The summed E-state index contributed by atoms with van der Waals surface area (Å²) >= 11 is 0. The fourth-order valence-corrected chi connectivity index (χ4v) is 6.14. The lowest BCUT2D eigenvalue weighted by Gasteiger charge is -2.15. The second-order valence-corrected chi connectivity index (χ2v) is 11.5. The lowest BCUT2D eigenvalue weighted by Crippen LogP contribution is -2.28. The molecule has 0 bridgehead atoms. The average molecular weight is 586 g/mol. The molecule has 0 atom stereocenters. The molecule has 0 aliphatic rings. The summed E-state index contributed by atoms with van der Waals surface area (Å²) in [6.45, 7) is 1.54. The normalized spacial score (nSPS) is 12.4. The molecule has 0 N–H and O–H groups in total. The lowest BCUT2D eigenvalue weighted by molar-refractivity contribution is -0.0500. The molecule has 14 heteroatoms. The average Bonchev–Trinajstić information content (AvgIpc) is 3.19. The third-order valence-electron chi connectivity index (χ3n) is 5.88. The lowest BCUT2D eigenvalue weighted by atomic mass is 10.1. The highest BCUT2D eigenvalue weighted by atomic mass is 32.2. The number of halogens is 3. The van der Waals surface area contributed by atoms with Gasteiger partial charge in [-0.15, -0.1) is 0 Å². The van der Waals surface area contributed by atoms with E-state index in [-0.39, 0.29) is 21.5 Å². The van der Waals surface area contributed by atoms with Gasteiger partial charge in [0.15, 0.2) is 23.0 Å². The first kappa shape index (κ1) is 28.1. The van der Waals surface area contributed by atoms with Crippen LogP contribution in [0.3, 0.4) is 0 Å². The summed E-state index contributed by atoms with van der Waals surface area (Å²) in [5.74, 6) is -0.530. The highest BCUT2D eigenvalue weighted by molar-refractivity contribution is 7.90. The number of benzene rings is 3. The fraction of sp³-hybridized carbons (Fsp3) is 0.200. The Morgan fingerprint density at radius 1 is 0.744 bits per heavy atom. The molecule has 0 aliphatic heterocycles. The Morgan fingerprint density at radius 3 is 1.90 bits per heavy atom. The quantitative estimate of drug-likeness (QED) is 0.207. The molecule has 0 saturated carbocycles. The van der Waals surface area contributed by atoms with E-state index in [0.29, 0.717) is 22.6 Å². The van der Waals surface area contributed by atoms with Gasteiger partial charge < -0.3 is 18.4 Å². The SMILES string of the molecule is COc1ccc(-c2c(C)c3cc(OS(=O)(=O)C(F)(F)F)c(OC)cc3n2S(=O)(=O)c2ccccc2)cc1OC. The fourth-order valence-electron chi connectivity index (χ4n) is 4.07. The molecule has 3 aromatic carbocycles. The van der Waals surface area contributed by atoms with Crippen LogP contribution in [-0.2, 0) is 20.1 Å². The van der Waals surface area contributed by atoms with Gasteiger partial charge in [0.05, 0.1) is 37.4 Å². The van der Waals surface area contributed by atoms with Gasteiger partial charge in [-0.1, -0.05) is 18.2 Å². The Morgan fingerprint density at radius 2 is 1.33 bits per heavy atom. The number of ether oxygens (including phenoxy) is 3. The first-order valence-corrected chi connectivity index (χ1v) is 13.9. The van der Waals surface area contributed by atoms with Crippen LogP contribution in [-0.4, -0.2) is 47.6 Å². The highest BCUT2D eigenvalue weighted by Crippen LogP contribution is 2.44. The zero-order chi connectivity index (χ0) is 28.8. The van der Waals surface area contributed by atoms with Crippen LogP contribution >= 0.6 is 0 Å². The van der Waals surface area contributed by atoms with Gasteiger partial charge in [0, 0.05) is 17.0 Å². The van der Waals surface area contributed by atoms with Crippen LogP contribution in [0, 0.1) is 6.92 Å². The molecule has 0 saturated heterocycles. The molecule has 9 nitrogen and oxygen atoms in total. The molecule has 0 fully saturated rings. The summed E-state index contributed by atoms with van der Waals surface area (Å²) in [7, 11) is -6.43. The number of methoxy groups -OCH3 is 3. The zero-order valence-corrected chi connectivity index (χ0v) is 22.6. The number of alkyl halides is 3. The van der Waals surface area contributed by atoms with Crippen LogP contribution in [0.2, 0.25) is 0 Å². The molecule has 39 heavy (non-hydrogen) atoms. The Hall–Kier alpha value is -3.91. The van der Waals surface area contributed by atoms with Gasteiger partial charge in [-0.3, -0.25) is 0 Å². The first-order valence-electron chi connectivity index (χ1n) is 11.0. The molecule has 0 spiro atoms. The second kappa shape index (κ2) is 10.0. The molecule has 4 rings (SSSR count). The van der Waals surface area contributed by atoms with E-state index >= 15 is 0 Å². The van der Waals surface area contributed by atoms with Gasteiger partial charge in [-0.2, -0.15) is 21.6 Å². The minimum absolute atomic E-state index is 0.00902. The van der Waals surface area contributed by atoms with Gasteiger partial charge in [-0.05, 0) is 48.9 Å². The molecule has 0 radical (unpaired) electrons. The van der Waals surface area contributed by atoms with Crippen molar-refractivity contribution in [2.75, 3.05) is 21.3 Å². The van der Waals surface area contributed by atoms with Gasteiger partial charge in [0.25, 0.3) is 10.0 Å². The van der Waals surface area contributed by atoms with E-state index in [9.17, 15) is 30.0 Å². The Labute approximate surface area is 222 Å². The van der Waals surface area contributed by atoms with Crippen molar-refractivity contribution in [2.45, 2.75) is 17.3 Å². The number of hydrogen-bond acceptors (Lipinski definition) is 8. The molecule has 208 valence electrons. The number of aromatic nitrogens is 1. The monoisotopic (exact) mass is 585 g/mol. The number of rotatable bonds is 8. The predicted molar refractivity (Wildman–Crippen MR) is 136 cm³/mol. The van der Waals surface area contributed by atoms with E-state index in [1.807, 2.05) is 0 Å². The predicted octanol–water partition coefficient (Wildman–Crippen LogP) is 5.11. The summed E-state index contributed by atoms with van der Waals surface area (Å²) in [6, 6.07) is 14.3. The van der Waals surface area contributed by atoms with Crippen molar-refractivity contribution in [3.05, 3.63) is 66.2 Å². The Bertz CT molecular complexity index is 1760. The van der Waals surface area contributed by atoms with Gasteiger partial charge in [-0.25, -0.2) is 12.4 Å². The molecular weight excluding hydrogens is 563 g/mol. The Kier molecular flexibility index (Phi) is 7.21. The van der Waals surface area contributed by atoms with Crippen LogP contribution < -0.4 is 18.4 Å². The number of fused-ring (bicyclic) bond motifs is 1. The van der Waals surface area contributed by atoms with E-state index in [0.717, 1.165) is 23.2 Å². The van der Waals surface area contributed by atoms with Gasteiger partial charge in [0.2, 0.25) is 0 Å². The minimum Gasteiger partial charge on any atom is -0.493 e. The zero-order valence-electron chi connectivity index (χ0n) is 20.9. The molecule has 0 aliphatic carbocycles. The third-order valence-corrected chi connectivity index (χ3v) is 8.58. The highest BCUT2D eigenvalue weighted by Gasteiger charge is 2.49. The molecular formula is C25H22F3NO8S2. The van der Waals surface area contributed by atoms with Crippen molar-refractivity contribution < 1.29 is 48.4 Å². The molecule has 1 heterocycles. The van der Waals surface area contributed by atoms with Crippen molar-refractivity contribution in [2.24, 2.45) is 0 Å². The summed E-state index contributed by atoms with van der Waals surface area (Å²) < 4.78 is 112. The van der Waals surface area contributed by atoms with Crippen LogP contribution in [0.15, 0.2) is 65.6 Å². The summed E-state index contributed by atoms with van der Waals surface area (Å²) in [5.41, 5.74) is -4.88. The maximum atomic E-state index is 14.0. The number of hydrogen-bond donors (Lipinski definition) is 0. The van der Waals surface area contributed by atoms with Crippen LogP contribution in [0.4, 0.5) is 13.2 Å². The number of nitrogens with zero attached hydrogens (tertiary/aromatic N) is 1. The van der Waals surface area contributed by atoms with Crippen molar-refractivity contribution in [3.8, 4) is 34.3 Å². The van der Waals surface area contributed by atoms with Gasteiger partial charge in [0.1, 0.15) is 0 Å². The summed E-state index contributed by atoms with van der Waals surface area (Å²) in [4.78, 5) is -0.0671. The van der Waals surface area contributed by atoms with E-state index in [4.69, 9.17) is 14.2 Å².